The van der Waals surface area contributed by atoms with Crippen LogP contribution in [0.2, 0.25) is 0 Å². The Morgan fingerprint density at radius 3 is 3.05 bits per heavy atom. The van der Waals surface area contributed by atoms with E-state index in [2.05, 4.69) is 15.5 Å². The highest BCUT2D eigenvalue weighted by Crippen LogP contribution is 2.32. The molecule has 98 valence electrons. The molecule has 2 heterocycles. The summed E-state index contributed by atoms with van der Waals surface area (Å²) in [5, 5.41) is 9.47. The molecule has 1 aromatic heterocycles. The molecular weight excluding hydrogens is 246 g/mol. The Labute approximate surface area is 109 Å². The van der Waals surface area contributed by atoms with Crippen LogP contribution in [0.4, 0.5) is 0 Å². The van der Waals surface area contributed by atoms with Crippen LogP contribution in [-0.2, 0) is 0 Å². The third kappa shape index (κ3) is 2.24. The summed E-state index contributed by atoms with van der Waals surface area (Å²) in [6, 6.07) is 5.02. The third-order valence-corrected chi connectivity index (χ3v) is 3.00. The van der Waals surface area contributed by atoms with Gasteiger partial charge in [-0.15, -0.1) is 0 Å². The van der Waals surface area contributed by atoms with Crippen LogP contribution in [0, 0.1) is 0 Å². The minimum Gasteiger partial charge on any atom is -0.454 e. The number of amides is 1. The molecule has 0 saturated carbocycles. The molecule has 1 atom stereocenters. The molecular formula is C13H13N3O3. The van der Waals surface area contributed by atoms with Crippen molar-refractivity contribution in [3.05, 3.63) is 41.7 Å². The number of benzene rings is 1. The second-order valence-electron chi connectivity index (χ2n) is 4.29. The fourth-order valence-corrected chi connectivity index (χ4v) is 1.90. The van der Waals surface area contributed by atoms with Crippen LogP contribution in [0.5, 0.6) is 11.5 Å². The van der Waals surface area contributed by atoms with E-state index in [4.69, 9.17) is 9.47 Å². The summed E-state index contributed by atoms with van der Waals surface area (Å²) in [4.78, 5) is 12.1. The highest BCUT2D eigenvalue weighted by molar-refractivity contribution is 5.95. The number of fused-ring (bicyclic) bond motifs is 1. The van der Waals surface area contributed by atoms with Gasteiger partial charge in [0.2, 0.25) is 6.79 Å². The lowest BCUT2D eigenvalue weighted by Crippen LogP contribution is -2.26. The zero-order valence-electron chi connectivity index (χ0n) is 10.3. The summed E-state index contributed by atoms with van der Waals surface area (Å²) >= 11 is 0. The Kier molecular flexibility index (Phi) is 2.83. The van der Waals surface area contributed by atoms with Crippen molar-refractivity contribution >= 4 is 5.91 Å². The van der Waals surface area contributed by atoms with Crippen molar-refractivity contribution in [3.63, 3.8) is 0 Å². The fourth-order valence-electron chi connectivity index (χ4n) is 1.90. The molecule has 2 aromatic rings. The number of rotatable bonds is 3. The molecule has 0 radical (unpaired) electrons. The number of hydrogen-bond acceptors (Lipinski definition) is 4. The van der Waals surface area contributed by atoms with E-state index in [1.54, 1.807) is 30.6 Å². The Bertz CT molecular complexity index is 595. The average molecular weight is 259 g/mol. The highest BCUT2D eigenvalue weighted by Gasteiger charge is 2.17. The van der Waals surface area contributed by atoms with E-state index in [1.165, 1.54) is 0 Å². The van der Waals surface area contributed by atoms with E-state index >= 15 is 0 Å². The molecule has 1 aliphatic rings. The van der Waals surface area contributed by atoms with E-state index < -0.39 is 0 Å². The second-order valence-corrected chi connectivity index (χ2v) is 4.29. The lowest BCUT2D eigenvalue weighted by molar-refractivity contribution is 0.0939. The molecule has 0 spiro atoms. The first-order valence-electron chi connectivity index (χ1n) is 5.93. The van der Waals surface area contributed by atoms with Crippen molar-refractivity contribution in [1.82, 2.24) is 15.5 Å². The van der Waals surface area contributed by atoms with Crippen LogP contribution in [0.3, 0.4) is 0 Å². The molecule has 1 aromatic carbocycles. The van der Waals surface area contributed by atoms with Gasteiger partial charge in [-0.25, -0.2) is 0 Å². The van der Waals surface area contributed by atoms with Crippen LogP contribution in [0.25, 0.3) is 0 Å². The maximum Gasteiger partial charge on any atom is 0.251 e. The largest absolute Gasteiger partial charge is 0.454 e. The van der Waals surface area contributed by atoms with Crippen LogP contribution < -0.4 is 14.8 Å². The third-order valence-electron chi connectivity index (χ3n) is 3.00. The smallest absolute Gasteiger partial charge is 0.251 e. The van der Waals surface area contributed by atoms with Crippen molar-refractivity contribution in [2.24, 2.45) is 0 Å². The van der Waals surface area contributed by atoms with Gasteiger partial charge in [-0.1, -0.05) is 0 Å². The lowest BCUT2D eigenvalue weighted by atomic mass is 10.1. The molecule has 0 aliphatic carbocycles. The molecule has 1 unspecified atom stereocenters. The van der Waals surface area contributed by atoms with E-state index in [0.29, 0.717) is 17.1 Å². The van der Waals surface area contributed by atoms with Gasteiger partial charge in [0.15, 0.2) is 11.5 Å². The minimum atomic E-state index is -0.160. The van der Waals surface area contributed by atoms with Crippen molar-refractivity contribution < 1.29 is 14.3 Å². The van der Waals surface area contributed by atoms with Crippen molar-refractivity contribution in [3.8, 4) is 11.5 Å². The van der Waals surface area contributed by atoms with Gasteiger partial charge in [-0.2, -0.15) is 5.10 Å². The zero-order chi connectivity index (χ0) is 13.2. The summed E-state index contributed by atoms with van der Waals surface area (Å²) in [5.41, 5.74) is 1.47. The molecule has 3 rings (SSSR count). The molecule has 0 saturated heterocycles. The maximum absolute atomic E-state index is 12.1. The molecule has 0 fully saturated rings. The van der Waals surface area contributed by atoms with Gasteiger partial charge in [-0.3, -0.25) is 9.89 Å². The second kappa shape index (κ2) is 4.64. The van der Waals surface area contributed by atoms with E-state index in [9.17, 15) is 4.79 Å². The van der Waals surface area contributed by atoms with Gasteiger partial charge in [0.05, 0.1) is 12.2 Å². The van der Waals surface area contributed by atoms with Crippen LogP contribution in [0.15, 0.2) is 30.6 Å². The minimum absolute atomic E-state index is 0.114. The van der Waals surface area contributed by atoms with Gasteiger partial charge in [0, 0.05) is 17.3 Å². The van der Waals surface area contributed by atoms with E-state index in [1.807, 2.05) is 6.92 Å². The number of nitrogens with one attached hydrogen (secondary N) is 2. The molecule has 2 N–H and O–H groups in total. The van der Waals surface area contributed by atoms with E-state index in [0.717, 1.165) is 5.56 Å². The fraction of sp³-hybridized carbons (Fsp3) is 0.231. The predicted octanol–water partition coefficient (Wildman–Crippen LogP) is 1.63. The number of nitrogens with zero attached hydrogens (tertiary/aromatic N) is 1. The van der Waals surface area contributed by atoms with Crippen molar-refractivity contribution in [2.75, 3.05) is 6.79 Å². The summed E-state index contributed by atoms with van der Waals surface area (Å²) in [7, 11) is 0. The Morgan fingerprint density at radius 1 is 1.42 bits per heavy atom. The maximum atomic E-state index is 12.1. The van der Waals surface area contributed by atoms with Crippen LogP contribution in [-0.4, -0.2) is 22.9 Å². The molecule has 0 bridgehead atoms. The Balaban J connectivity index is 1.74. The zero-order valence-corrected chi connectivity index (χ0v) is 10.3. The number of hydrogen-bond donors (Lipinski definition) is 2. The molecule has 6 heteroatoms. The van der Waals surface area contributed by atoms with Gasteiger partial charge < -0.3 is 14.8 Å². The standard InChI is InChI=1S/C13H13N3O3/c1-8(10-5-14-15-6-10)16-13(17)9-2-3-11-12(4-9)19-7-18-11/h2-6,8H,7H2,1H3,(H,14,15)(H,16,17). The monoisotopic (exact) mass is 259 g/mol. The predicted molar refractivity (Wildman–Crippen MR) is 67.0 cm³/mol. The Morgan fingerprint density at radius 2 is 2.26 bits per heavy atom. The summed E-state index contributed by atoms with van der Waals surface area (Å²) < 4.78 is 10.5. The number of carbonyl (C=O) groups is 1. The first kappa shape index (κ1) is 11.6. The van der Waals surface area contributed by atoms with Crippen molar-refractivity contribution in [1.29, 1.82) is 0 Å². The Hall–Kier alpha value is -2.50. The number of ether oxygens (including phenoxy) is 2. The summed E-state index contributed by atoms with van der Waals surface area (Å²) in [6.07, 6.45) is 3.44. The molecule has 1 amide bonds. The highest BCUT2D eigenvalue weighted by atomic mass is 16.7. The van der Waals surface area contributed by atoms with Crippen LogP contribution >= 0.6 is 0 Å². The number of aromatic nitrogens is 2. The first-order chi connectivity index (χ1) is 9.24. The van der Waals surface area contributed by atoms with Gasteiger partial charge in [0.25, 0.3) is 5.91 Å². The normalized spacial score (nSPS) is 14.2. The van der Waals surface area contributed by atoms with Crippen molar-refractivity contribution in [2.45, 2.75) is 13.0 Å². The topological polar surface area (TPSA) is 76.2 Å². The summed E-state index contributed by atoms with van der Waals surface area (Å²) in [6.45, 7) is 2.10. The lowest BCUT2D eigenvalue weighted by Gasteiger charge is -2.12. The quantitative estimate of drug-likeness (QED) is 0.878. The average Bonchev–Trinajstić information content (AvgIpc) is 3.09. The van der Waals surface area contributed by atoms with Crippen LogP contribution in [0.1, 0.15) is 28.9 Å². The first-order valence-corrected chi connectivity index (χ1v) is 5.93. The number of aromatic amines is 1. The van der Waals surface area contributed by atoms with Gasteiger partial charge in [-0.05, 0) is 25.1 Å². The van der Waals surface area contributed by atoms with Gasteiger partial charge >= 0.3 is 0 Å². The SMILES string of the molecule is CC(NC(=O)c1ccc2c(c1)OCO2)c1cn[nH]c1. The number of carbonyl (C=O) groups excluding carboxylic acids is 1. The van der Waals surface area contributed by atoms with Gasteiger partial charge in [0.1, 0.15) is 0 Å². The molecule has 6 nitrogen and oxygen atoms in total. The number of H-pyrrole nitrogens is 1. The summed E-state index contributed by atoms with van der Waals surface area (Å²) in [5.74, 6) is 1.11. The molecule has 1 aliphatic heterocycles. The van der Waals surface area contributed by atoms with E-state index in [-0.39, 0.29) is 18.7 Å². The molecule has 19 heavy (non-hydrogen) atoms.